The number of carbonyl (C=O) groups excluding carboxylic acids is 1. The summed E-state index contributed by atoms with van der Waals surface area (Å²) in [7, 11) is 0. The molecule has 42 heavy (non-hydrogen) atoms. The van der Waals surface area contributed by atoms with Crippen molar-refractivity contribution in [2.45, 2.75) is 199 Å². The van der Waals surface area contributed by atoms with Crippen molar-refractivity contribution >= 4 is 5.91 Å². The van der Waals surface area contributed by atoms with Gasteiger partial charge in [0.15, 0.2) is 0 Å². The number of aliphatic hydroxyl groups is 3. The highest BCUT2D eigenvalue weighted by atomic mass is 16.3. The van der Waals surface area contributed by atoms with Gasteiger partial charge >= 0.3 is 0 Å². The molecule has 0 spiro atoms. The molecule has 5 heteroatoms. The van der Waals surface area contributed by atoms with Crippen LogP contribution in [0.3, 0.4) is 0 Å². The molecule has 0 aliphatic rings. The topological polar surface area (TPSA) is 89.8 Å². The minimum absolute atomic E-state index is 0.00865. The largest absolute Gasteiger partial charge is 0.394 e. The zero-order valence-electron chi connectivity index (χ0n) is 27.9. The summed E-state index contributed by atoms with van der Waals surface area (Å²) in [5, 5.41) is 32.9. The van der Waals surface area contributed by atoms with Crippen LogP contribution in [0.2, 0.25) is 0 Å². The van der Waals surface area contributed by atoms with Gasteiger partial charge in [0.25, 0.3) is 0 Å². The number of rotatable bonds is 32. The third-order valence-corrected chi connectivity index (χ3v) is 8.23. The lowest BCUT2D eigenvalue weighted by Gasteiger charge is -2.21. The molecule has 5 nitrogen and oxygen atoms in total. The highest BCUT2D eigenvalue weighted by molar-refractivity contribution is 5.76. The van der Waals surface area contributed by atoms with Gasteiger partial charge in [-0.1, -0.05) is 154 Å². The minimum Gasteiger partial charge on any atom is -0.394 e. The first-order chi connectivity index (χ1) is 20.5. The van der Waals surface area contributed by atoms with E-state index in [4.69, 9.17) is 0 Å². The molecule has 0 rings (SSSR count). The highest BCUT2D eigenvalue weighted by Gasteiger charge is 2.20. The van der Waals surface area contributed by atoms with E-state index in [1.807, 2.05) is 6.08 Å². The number of nitrogens with one attached hydrogen (secondary N) is 1. The Hall–Kier alpha value is -1.17. The molecule has 0 saturated heterocycles. The third kappa shape index (κ3) is 28.9. The summed E-state index contributed by atoms with van der Waals surface area (Å²) >= 11 is 0. The van der Waals surface area contributed by atoms with E-state index in [0.29, 0.717) is 6.42 Å². The number of unbranched alkanes of at least 4 members (excludes halogenated alkanes) is 21. The van der Waals surface area contributed by atoms with Crippen molar-refractivity contribution in [2.75, 3.05) is 6.61 Å². The Kier molecular flexibility index (Phi) is 31.8. The Morgan fingerprint density at radius 3 is 1.45 bits per heavy atom. The SMILES string of the molecule is CCCCCCCCC/C=C/C(O)C(CO)NC(=O)CC(O)CCCCCCC/C=C\CCCCCCCCCCC. The summed E-state index contributed by atoms with van der Waals surface area (Å²) < 4.78 is 0. The Morgan fingerprint density at radius 1 is 0.595 bits per heavy atom. The van der Waals surface area contributed by atoms with Gasteiger partial charge in [-0.25, -0.2) is 0 Å². The first-order valence-corrected chi connectivity index (χ1v) is 18.1. The number of aliphatic hydroxyl groups excluding tert-OH is 3. The molecule has 0 aromatic carbocycles. The molecule has 4 N–H and O–H groups in total. The monoisotopic (exact) mass is 594 g/mol. The molecule has 0 fully saturated rings. The van der Waals surface area contributed by atoms with Crippen LogP contribution >= 0.6 is 0 Å². The van der Waals surface area contributed by atoms with Crippen molar-refractivity contribution in [3.8, 4) is 0 Å². The number of hydrogen-bond donors (Lipinski definition) is 4. The van der Waals surface area contributed by atoms with Crippen LogP contribution in [0, 0.1) is 0 Å². The maximum Gasteiger partial charge on any atom is 0.222 e. The Bertz CT molecular complexity index is 621. The van der Waals surface area contributed by atoms with E-state index in [0.717, 1.165) is 38.5 Å². The molecular weight excluding hydrogens is 522 g/mol. The van der Waals surface area contributed by atoms with E-state index in [9.17, 15) is 20.1 Å². The van der Waals surface area contributed by atoms with Crippen LogP contribution in [0.5, 0.6) is 0 Å². The number of amides is 1. The predicted octanol–water partition coefficient (Wildman–Crippen LogP) is 9.48. The molecule has 0 radical (unpaired) electrons. The Labute approximate surface area is 261 Å². The quantitative estimate of drug-likeness (QED) is 0.0462. The number of allylic oxidation sites excluding steroid dienone is 3. The lowest BCUT2D eigenvalue weighted by molar-refractivity contribution is -0.124. The van der Waals surface area contributed by atoms with Crippen molar-refractivity contribution in [3.05, 3.63) is 24.3 Å². The molecular formula is C37H71NO4. The van der Waals surface area contributed by atoms with Gasteiger partial charge in [-0.3, -0.25) is 4.79 Å². The Balaban J connectivity index is 3.70. The van der Waals surface area contributed by atoms with Gasteiger partial charge in [-0.2, -0.15) is 0 Å². The van der Waals surface area contributed by atoms with Crippen molar-refractivity contribution in [2.24, 2.45) is 0 Å². The van der Waals surface area contributed by atoms with Crippen LogP contribution in [0.1, 0.15) is 181 Å². The summed E-state index contributed by atoms with van der Waals surface area (Å²) in [6, 6.07) is -0.742. The van der Waals surface area contributed by atoms with Crippen LogP contribution in [-0.2, 0) is 4.79 Å². The van der Waals surface area contributed by atoms with E-state index in [-0.39, 0.29) is 18.9 Å². The van der Waals surface area contributed by atoms with E-state index in [2.05, 4.69) is 31.3 Å². The van der Waals surface area contributed by atoms with Gasteiger partial charge < -0.3 is 20.6 Å². The van der Waals surface area contributed by atoms with Crippen LogP contribution in [-0.4, -0.2) is 46.1 Å². The molecule has 0 aliphatic heterocycles. The second-order valence-electron chi connectivity index (χ2n) is 12.5. The summed E-state index contributed by atoms with van der Waals surface area (Å²) in [6.07, 6.45) is 37.4. The number of carbonyl (C=O) groups is 1. The summed E-state index contributed by atoms with van der Waals surface area (Å²) in [4.78, 5) is 12.3. The van der Waals surface area contributed by atoms with Crippen LogP contribution in [0.25, 0.3) is 0 Å². The fraction of sp³-hybridized carbons (Fsp3) is 0.865. The third-order valence-electron chi connectivity index (χ3n) is 8.23. The second-order valence-corrected chi connectivity index (χ2v) is 12.5. The molecule has 0 aromatic rings. The zero-order valence-corrected chi connectivity index (χ0v) is 27.9. The fourth-order valence-electron chi connectivity index (χ4n) is 5.39. The molecule has 0 aliphatic carbocycles. The van der Waals surface area contributed by atoms with Crippen molar-refractivity contribution in [1.29, 1.82) is 0 Å². The lowest BCUT2D eigenvalue weighted by Crippen LogP contribution is -2.45. The molecule has 248 valence electrons. The Morgan fingerprint density at radius 2 is 1.00 bits per heavy atom. The van der Waals surface area contributed by atoms with Gasteiger partial charge in [0, 0.05) is 0 Å². The molecule has 3 atom stereocenters. The molecule has 3 unspecified atom stereocenters. The van der Waals surface area contributed by atoms with Gasteiger partial charge in [0.05, 0.1) is 31.3 Å². The van der Waals surface area contributed by atoms with Crippen LogP contribution < -0.4 is 5.32 Å². The molecule has 0 bridgehead atoms. The van der Waals surface area contributed by atoms with Gasteiger partial charge in [-0.05, 0) is 44.9 Å². The van der Waals surface area contributed by atoms with Crippen LogP contribution in [0.4, 0.5) is 0 Å². The normalized spacial score (nSPS) is 14.1. The van der Waals surface area contributed by atoms with Gasteiger partial charge in [0.1, 0.15) is 0 Å². The predicted molar refractivity (Wildman–Crippen MR) is 181 cm³/mol. The second kappa shape index (κ2) is 32.7. The van der Waals surface area contributed by atoms with E-state index < -0.39 is 18.2 Å². The maximum absolute atomic E-state index is 12.3. The summed E-state index contributed by atoms with van der Waals surface area (Å²) in [5.74, 6) is -0.324. The molecule has 0 aromatic heterocycles. The average molecular weight is 594 g/mol. The van der Waals surface area contributed by atoms with Crippen LogP contribution in [0.15, 0.2) is 24.3 Å². The lowest BCUT2D eigenvalue weighted by atomic mass is 10.0. The van der Waals surface area contributed by atoms with Gasteiger partial charge in [-0.15, -0.1) is 0 Å². The summed E-state index contributed by atoms with van der Waals surface area (Å²) in [5.41, 5.74) is 0. The molecule has 1 amide bonds. The first-order valence-electron chi connectivity index (χ1n) is 18.1. The van der Waals surface area contributed by atoms with Crippen molar-refractivity contribution < 1.29 is 20.1 Å². The van der Waals surface area contributed by atoms with Gasteiger partial charge in [0.2, 0.25) is 5.91 Å². The smallest absolute Gasteiger partial charge is 0.222 e. The molecule has 0 saturated carbocycles. The fourth-order valence-corrected chi connectivity index (χ4v) is 5.39. The minimum atomic E-state index is -0.926. The average Bonchev–Trinajstić information content (AvgIpc) is 2.98. The van der Waals surface area contributed by atoms with Crippen molar-refractivity contribution in [3.63, 3.8) is 0 Å². The van der Waals surface area contributed by atoms with Crippen molar-refractivity contribution in [1.82, 2.24) is 5.32 Å². The maximum atomic E-state index is 12.3. The van der Waals surface area contributed by atoms with E-state index >= 15 is 0 Å². The standard InChI is InChI=1S/C37H71NO4/c1-3-5-7-9-11-13-14-15-16-17-18-19-20-21-23-24-26-28-30-34(40)32-37(42)38-35(33-39)36(41)31-29-27-25-22-12-10-8-6-4-2/h18-19,29,31,34-36,39-41H,3-17,20-28,30,32-33H2,1-2H3,(H,38,42)/b19-18-,31-29+. The molecule has 0 heterocycles. The van der Waals surface area contributed by atoms with E-state index in [1.54, 1.807) is 6.08 Å². The zero-order chi connectivity index (χ0) is 30.9. The first kappa shape index (κ1) is 40.8. The van der Waals surface area contributed by atoms with E-state index in [1.165, 1.54) is 116 Å². The highest BCUT2D eigenvalue weighted by Crippen LogP contribution is 2.13. The summed E-state index contributed by atoms with van der Waals surface area (Å²) in [6.45, 7) is 4.16. The number of hydrogen-bond acceptors (Lipinski definition) is 4.